The summed E-state index contributed by atoms with van der Waals surface area (Å²) in [6.45, 7) is 1.58. The first kappa shape index (κ1) is 36.6. The molecule has 18 heteroatoms. The number of hydrogen-bond donors (Lipinski definition) is 3. The van der Waals surface area contributed by atoms with Crippen LogP contribution in [0.15, 0.2) is 128 Å². The standard InChI is InChI=1S/C16H15N5O4S.C16H11N3O4.Co/c1-10-15(16(23)21(20-10)11-5-3-2-4-6-11)19-18-13-9-12(26(17,24)25)7-8-14(13)22;20-14-8-5-10-3-1-2-4-12(10)16(14)18-17-13-7-6-11(19(22)23)9-15(13)21;/h2-9,22-23H,1H3,(H2,17,24,25);1-9,20-21H;/q;;+3/p-2. The Balaban J connectivity index is 0.000000222. The number of aromatic nitrogens is 2. The molecule has 0 aliphatic rings. The number of nitro benzene ring substituents is 1. The third kappa shape index (κ3) is 8.25. The molecule has 6 aromatic rings. The second-order valence-electron chi connectivity index (χ2n) is 10.1. The van der Waals surface area contributed by atoms with Crippen LogP contribution in [-0.4, -0.2) is 33.3 Å². The van der Waals surface area contributed by atoms with Gasteiger partial charge in [0.2, 0.25) is 10.0 Å². The fourth-order valence-corrected chi connectivity index (χ4v) is 4.91. The number of aryl methyl sites for hydroxylation is 1. The molecule has 254 valence electrons. The van der Waals surface area contributed by atoms with Crippen molar-refractivity contribution in [1.29, 1.82) is 0 Å². The van der Waals surface area contributed by atoms with E-state index in [4.69, 9.17) is 5.14 Å². The fourth-order valence-electron chi connectivity index (χ4n) is 4.38. The summed E-state index contributed by atoms with van der Waals surface area (Å²) in [5.74, 6) is -1.47. The van der Waals surface area contributed by atoms with E-state index in [1.165, 1.54) is 22.9 Å². The molecule has 0 unspecified atom stereocenters. The van der Waals surface area contributed by atoms with E-state index in [2.05, 4.69) is 25.6 Å². The zero-order valence-corrected chi connectivity index (χ0v) is 27.5. The number of nitrogens with zero attached hydrogens (tertiary/aromatic N) is 7. The number of phenolic OH excluding ortho intramolecular Hbond substituents is 2. The minimum absolute atomic E-state index is 0. The van der Waals surface area contributed by atoms with Gasteiger partial charge in [-0.05, 0) is 48.7 Å². The average Bonchev–Trinajstić information content (AvgIpc) is 3.36. The molecule has 6 rings (SSSR count). The van der Waals surface area contributed by atoms with E-state index in [0.717, 1.165) is 29.7 Å². The molecule has 50 heavy (non-hydrogen) atoms. The Morgan fingerprint density at radius 3 is 2.12 bits per heavy atom. The minimum atomic E-state index is -3.99. The third-order valence-electron chi connectivity index (χ3n) is 6.81. The van der Waals surface area contributed by atoms with E-state index in [1.54, 1.807) is 49.4 Å². The van der Waals surface area contributed by atoms with Gasteiger partial charge in [0, 0.05) is 17.3 Å². The largest absolute Gasteiger partial charge is 3.00 e. The van der Waals surface area contributed by atoms with Gasteiger partial charge in [-0.3, -0.25) is 10.1 Å². The van der Waals surface area contributed by atoms with Gasteiger partial charge in [-0.1, -0.05) is 60.3 Å². The van der Waals surface area contributed by atoms with Crippen LogP contribution in [0.25, 0.3) is 16.5 Å². The van der Waals surface area contributed by atoms with Gasteiger partial charge in [0.25, 0.3) is 5.69 Å². The van der Waals surface area contributed by atoms with Crippen molar-refractivity contribution in [1.82, 2.24) is 9.78 Å². The van der Waals surface area contributed by atoms with Crippen LogP contribution in [0, 0.1) is 17.0 Å². The second-order valence-corrected chi connectivity index (χ2v) is 11.7. The Bertz CT molecular complexity index is 2370. The zero-order valence-electron chi connectivity index (χ0n) is 25.6. The molecule has 1 aromatic heterocycles. The summed E-state index contributed by atoms with van der Waals surface area (Å²) in [6, 6.07) is 25.9. The van der Waals surface area contributed by atoms with Crippen molar-refractivity contribution in [3.63, 3.8) is 0 Å². The number of nitrogens with two attached hydrogens (primary N) is 1. The molecule has 0 fully saturated rings. The van der Waals surface area contributed by atoms with E-state index < -0.39 is 26.6 Å². The Hall–Kier alpha value is -6.21. The monoisotopic (exact) mass is 739 g/mol. The molecule has 5 aromatic carbocycles. The number of primary sulfonamides is 1. The number of aromatic hydroxyl groups is 2. The summed E-state index contributed by atoms with van der Waals surface area (Å²) in [5, 5.41) is 80.8. The van der Waals surface area contributed by atoms with Gasteiger partial charge >= 0.3 is 16.8 Å². The van der Waals surface area contributed by atoms with Gasteiger partial charge in [-0.15, -0.1) is 15.3 Å². The first-order chi connectivity index (χ1) is 23.3. The Morgan fingerprint density at radius 2 is 1.44 bits per heavy atom. The van der Waals surface area contributed by atoms with E-state index >= 15 is 0 Å². The number of phenols is 2. The topological polar surface area (TPSA) is 257 Å². The quantitative estimate of drug-likeness (QED) is 0.0989. The van der Waals surface area contributed by atoms with E-state index in [-0.39, 0.29) is 61.6 Å². The van der Waals surface area contributed by atoms with Gasteiger partial charge in [0.05, 0.1) is 33.0 Å². The molecule has 0 atom stereocenters. The predicted molar refractivity (Wildman–Crippen MR) is 174 cm³/mol. The number of hydrogen-bond acceptors (Lipinski definition) is 13. The van der Waals surface area contributed by atoms with Crippen molar-refractivity contribution >= 4 is 49.2 Å². The summed E-state index contributed by atoms with van der Waals surface area (Å²) in [6.07, 6.45) is 0. The van der Waals surface area contributed by atoms with Gasteiger partial charge in [-0.2, -0.15) is 10.2 Å². The Morgan fingerprint density at radius 1 is 0.780 bits per heavy atom. The maximum Gasteiger partial charge on any atom is 3.00 e. The van der Waals surface area contributed by atoms with Gasteiger partial charge in [0.1, 0.15) is 28.6 Å². The number of azo groups is 2. The van der Waals surface area contributed by atoms with Crippen molar-refractivity contribution < 1.29 is 50.5 Å². The third-order valence-corrected chi connectivity index (χ3v) is 7.72. The molecule has 0 saturated carbocycles. The van der Waals surface area contributed by atoms with E-state index in [1.807, 2.05) is 18.2 Å². The summed E-state index contributed by atoms with van der Waals surface area (Å²) < 4.78 is 23.9. The molecule has 0 aliphatic carbocycles. The summed E-state index contributed by atoms with van der Waals surface area (Å²) >= 11 is 0. The number of fused-ring (bicyclic) bond motifs is 1. The molecule has 0 spiro atoms. The van der Waals surface area contributed by atoms with Gasteiger partial charge < -0.3 is 20.4 Å². The van der Waals surface area contributed by atoms with Crippen LogP contribution >= 0.6 is 0 Å². The number of benzene rings is 5. The predicted octanol–water partition coefficient (Wildman–Crippen LogP) is 5.96. The summed E-state index contributed by atoms with van der Waals surface area (Å²) in [4.78, 5) is 9.76. The number of rotatable bonds is 7. The summed E-state index contributed by atoms with van der Waals surface area (Å²) in [5.41, 5.74) is 0.677. The fraction of sp³-hybridized carbons (Fsp3) is 0.0312. The van der Waals surface area contributed by atoms with E-state index in [0.29, 0.717) is 16.8 Å². The molecule has 0 radical (unpaired) electrons. The molecular weight excluding hydrogens is 715 g/mol. The maximum absolute atomic E-state index is 12.5. The first-order valence-corrected chi connectivity index (χ1v) is 15.6. The second kappa shape index (κ2) is 15.3. The number of para-hydroxylation sites is 1. The van der Waals surface area contributed by atoms with Crippen LogP contribution in [0.4, 0.5) is 28.4 Å². The number of non-ortho nitro benzene ring substituents is 1. The molecule has 0 bridgehead atoms. The van der Waals surface area contributed by atoms with Crippen LogP contribution in [0.3, 0.4) is 0 Å². The molecule has 0 aliphatic heterocycles. The number of nitro groups is 1. The molecule has 0 amide bonds. The Kier molecular flexibility index (Phi) is 11.2. The van der Waals surface area contributed by atoms with Crippen LogP contribution < -0.4 is 15.4 Å². The normalized spacial score (nSPS) is 11.3. The van der Waals surface area contributed by atoms with Crippen LogP contribution in [0.1, 0.15) is 5.69 Å². The van der Waals surface area contributed by atoms with E-state index in [9.17, 15) is 39.0 Å². The van der Waals surface area contributed by atoms with Crippen molar-refractivity contribution in [2.24, 2.45) is 25.6 Å². The van der Waals surface area contributed by atoms with Crippen molar-refractivity contribution in [2.75, 3.05) is 0 Å². The van der Waals surface area contributed by atoms with Crippen LogP contribution in [0.5, 0.6) is 23.1 Å². The van der Waals surface area contributed by atoms with Crippen molar-refractivity contribution in [3.05, 3.63) is 119 Å². The summed E-state index contributed by atoms with van der Waals surface area (Å²) in [7, 11) is -3.99. The van der Waals surface area contributed by atoms with Gasteiger partial charge in [0.15, 0.2) is 0 Å². The Labute approximate surface area is 293 Å². The molecule has 16 nitrogen and oxygen atoms in total. The molecular formula is C32H24CoN8O8S+. The molecule has 0 saturated heterocycles. The molecule has 1 heterocycles. The smallest absolute Gasteiger partial charge is 0.871 e. The van der Waals surface area contributed by atoms with Gasteiger partial charge in [-0.25, -0.2) is 18.2 Å². The number of sulfonamides is 1. The molecule has 4 N–H and O–H groups in total. The van der Waals surface area contributed by atoms with Crippen LogP contribution in [-0.2, 0) is 26.8 Å². The SMILES string of the molecule is Cc1nn(-c2ccccc2)c([O-])c1N=Nc1cc(S(N)(=O)=O)ccc1[O-].O=[N+]([O-])c1ccc(N=Nc2c(O)ccc3ccccc23)c(O)c1.[Co+3]. The first-order valence-electron chi connectivity index (χ1n) is 14.0. The average molecular weight is 740 g/mol. The minimum Gasteiger partial charge on any atom is -0.871 e. The van der Waals surface area contributed by atoms with Crippen LogP contribution in [0.2, 0.25) is 0 Å². The maximum atomic E-state index is 12.5. The van der Waals surface area contributed by atoms with Crippen molar-refractivity contribution in [2.45, 2.75) is 11.8 Å². The zero-order chi connectivity index (χ0) is 35.3. The van der Waals surface area contributed by atoms with Crippen molar-refractivity contribution in [3.8, 4) is 28.8 Å².